The molecule has 0 radical (unpaired) electrons. The quantitative estimate of drug-likeness (QED) is 0.612. The minimum absolute atomic E-state index is 0.797. The highest BCUT2D eigenvalue weighted by Crippen LogP contribution is 1.94. The van der Waals surface area contributed by atoms with Crippen molar-refractivity contribution in [3.8, 4) is 0 Å². The van der Waals surface area contributed by atoms with E-state index in [1.54, 1.807) is 12.4 Å². The van der Waals surface area contributed by atoms with Crippen LogP contribution in [0, 0.1) is 0 Å². The number of hydrogen-bond donors (Lipinski definition) is 3. The Hall–Kier alpha value is -1.62. The second-order valence-electron chi connectivity index (χ2n) is 3.35. The largest absolute Gasteiger partial charge is 0.349 e. The van der Waals surface area contributed by atoms with E-state index < -0.39 is 0 Å². The zero-order valence-electron chi connectivity index (χ0n) is 8.53. The Morgan fingerprint density at radius 1 is 1.07 bits per heavy atom. The molecular weight excluding hydrogens is 190 g/mol. The minimum Gasteiger partial charge on any atom is -0.349 e. The summed E-state index contributed by atoms with van der Waals surface area (Å²) >= 11 is 0. The molecule has 0 saturated heterocycles. The molecule has 0 bridgehead atoms. The Labute approximate surface area is 88.4 Å². The third-order valence-corrected chi connectivity index (χ3v) is 2.17. The fourth-order valence-electron chi connectivity index (χ4n) is 1.42. The normalized spacial score (nSPS) is 10.7. The van der Waals surface area contributed by atoms with Crippen molar-refractivity contribution in [1.82, 2.24) is 25.3 Å². The van der Waals surface area contributed by atoms with Gasteiger partial charge in [0.2, 0.25) is 0 Å². The number of aryl methyl sites for hydroxylation is 1. The SMILES string of the molecule is c1c[nH]c(CCCNCc2ncc[nH]2)n1. The Balaban J connectivity index is 1.56. The summed E-state index contributed by atoms with van der Waals surface area (Å²) in [6, 6.07) is 0. The number of aromatic nitrogens is 4. The predicted octanol–water partition coefficient (Wildman–Crippen LogP) is 0.855. The van der Waals surface area contributed by atoms with E-state index in [-0.39, 0.29) is 0 Å². The molecule has 15 heavy (non-hydrogen) atoms. The Bertz CT molecular complexity index is 315. The molecule has 0 atom stereocenters. The van der Waals surface area contributed by atoms with Crippen LogP contribution in [0.4, 0.5) is 0 Å². The zero-order valence-corrected chi connectivity index (χ0v) is 8.53. The van der Waals surface area contributed by atoms with Gasteiger partial charge in [0.05, 0.1) is 6.54 Å². The van der Waals surface area contributed by atoms with Crippen LogP contribution < -0.4 is 5.32 Å². The first-order valence-electron chi connectivity index (χ1n) is 5.12. The van der Waals surface area contributed by atoms with Gasteiger partial charge in [-0.15, -0.1) is 0 Å². The lowest BCUT2D eigenvalue weighted by atomic mass is 10.3. The molecular formula is C10H15N5. The molecule has 0 aliphatic carbocycles. The van der Waals surface area contributed by atoms with Gasteiger partial charge in [0.25, 0.3) is 0 Å². The molecule has 0 saturated carbocycles. The molecule has 2 aromatic rings. The topological polar surface area (TPSA) is 69.4 Å². The van der Waals surface area contributed by atoms with Crippen molar-refractivity contribution in [3.63, 3.8) is 0 Å². The lowest BCUT2D eigenvalue weighted by molar-refractivity contribution is 0.626. The van der Waals surface area contributed by atoms with E-state index >= 15 is 0 Å². The van der Waals surface area contributed by atoms with Gasteiger partial charge in [0.1, 0.15) is 11.6 Å². The van der Waals surface area contributed by atoms with Crippen LogP contribution in [0.1, 0.15) is 18.1 Å². The van der Waals surface area contributed by atoms with Crippen molar-refractivity contribution in [3.05, 3.63) is 36.4 Å². The van der Waals surface area contributed by atoms with Gasteiger partial charge in [-0.3, -0.25) is 0 Å². The molecule has 80 valence electrons. The van der Waals surface area contributed by atoms with E-state index in [2.05, 4.69) is 25.3 Å². The summed E-state index contributed by atoms with van der Waals surface area (Å²) in [5.41, 5.74) is 0. The van der Waals surface area contributed by atoms with Crippen LogP contribution in [0.25, 0.3) is 0 Å². The molecule has 2 heterocycles. The number of nitrogens with one attached hydrogen (secondary N) is 3. The fraction of sp³-hybridized carbons (Fsp3) is 0.400. The molecule has 0 aliphatic rings. The lowest BCUT2D eigenvalue weighted by Crippen LogP contribution is -2.16. The van der Waals surface area contributed by atoms with Gasteiger partial charge in [-0.05, 0) is 13.0 Å². The summed E-state index contributed by atoms with van der Waals surface area (Å²) in [7, 11) is 0. The van der Waals surface area contributed by atoms with Crippen LogP contribution in [0.3, 0.4) is 0 Å². The Morgan fingerprint density at radius 3 is 2.47 bits per heavy atom. The number of rotatable bonds is 6. The van der Waals surface area contributed by atoms with Crippen LogP contribution in [0.2, 0.25) is 0 Å². The Kier molecular flexibility index (Phi) is 3.51. The fourth-order valence-corrected chi connectivity index (χ4v) is 1.42. The van der Waals surface area contributed by atoms with E-state index in [0.29, 0.717) is 0 Å². The number of nitrogens with zero attached hydrogens (tertiary/aromatic N) is 2. The van der Waals surface area contributed by atoms with Crippen molar-refractivity contribution in [2.24, 2.45) is 0 Å². The van der Waals surface area contributed by atoms with Crippen LogP contribution in [0.5, 0.6) is 0 Å². The highest BCUT2D eigenvalue weighted by Gasteiger charge is 1.95. The van der Waals surface area contributed by atoms with Crippen LogP contribution in [0.15, 0.2) is 24.8 Å². The molecule has 3 N–H and O–H groups in total. The molecule has 2 aromatic heterocycles. The maximum Gasteiger partial charge on any atom is 0.120 e. The van der Waals surface area contributed by atoms with Gasteiger partial charge in [-0.1, -0.05) is 0 Å². The Morgan fingerprint density at radius 2 is 1.80 bits per heavy atom. The minimum atomic E-state index is 0.797. The predicted molar refractivity (Wildman–Crippen MR) is 57.2 cm³/mol. The highest BCUT2D eigenvalue weighted by atomic mass is 15.0. The first kappa shape index (κ1) is 9.92. The van der Waals surface area contributed by atoms with Gasteiger partial charge in [0, 0.05) is 31.2 Å². The van der Waals surface area contributed by atoms with Crippen LogP contribution in [-0.4, -0.2) is 26.5 Å². The molecule has 0 amide bonds. The molecule has 5 heteroatoms. The smallest absolute Gasteiger partial charge is 0.120 e. The monoisotopic (exact) mass is 205 g/mol. The molecule has 0 aliphatic heterocycles. The maximum atomic E-state index is 4.16. The summed E-state index contributed by atoms with van der Waals surface area (Å²) in [5.74, 6) is 2.03. The van der Waals surface area contributed by atoms with Crippen molar-refractivity contribution < 1.29 is 0 Å². The summed E-state index contributed by atoms with van der Waals surface area (Å²) in [5, 5.41) is 3.31. The number of hydrogen-bond acceptors (Lipinski definition) is 3. The molecule has 0 fully saturated rings. The van der Waals surface area contributed by atoms with Crippen molar-refractivity contribution >= 4 is 0 Å². The van der Waals surface area contributed by atoms with E-state index in [1.165, 1.54) is 0 Å². The first-order valence-corrected chi connectivity index (χ1v) is 5.12. The van der Waals surface area contributed by atoms with Crippen molar-refractivity contribution in [2.45, 2.75) is 19.4 Å². The summed E-state index contributed by atoms with van der Waals surface area (Å²) in [6.45, 7) is 1.77. The summed E-state index contributed by atoms with van der Waals surface area (Å²) in [6.07, 6.45) is 9.29. The van der Waals surface area contributed by atoms with Gasteiger partial charge >= 0.3 is 0 Å². The van der Waals surface area contributed by atoms with Gasteiger partial charge < -0.3 is 15.3 Å². The van der Waals surface area contributed by atoms with Crippen molar-refractivity contribution in [2.75, 3.05) is 6.54 Å². The molecule has 0 spiro atoms. The third-order valence-electron chi connectivity index (χ3n) is 2.17. The van der Waals surface area contributed by atoms with Gasteiger partial charge in [0.15, 0.2) is 0 Å². The molecule has 5 nitrogen and oxygen atoms in total. The van der Waals surface area contributed by atoms with E-state index in [0.717, 1.165) is 37.6 Å². The lowest BCUT2D eigenvalue weighted by Gasteiger charge is -2.01. The first-order chi connectivity index (χ1) is 7.45. The highest BCUT2D eigenvalue weighted by molar-refractivity contribution is 4.88. The molecule has 2 rings (SSSR count). The average molecular weight is 205 g/mol. The zero-order chi connectivity index (χ0) is 10.3. The van der Waals surface area contributed by atoms with Crippen LogP contribution >= 0.6 is 0 Å². The van der Waals surface area contributed by atoms with Gasteiger partial charge in [-0.25, -0.2) is 9.97 Å². The van der Waals surface area contributed by atoms with Crippen LogP contribution in [-0.2, 0) is 13.0 Å². The van der Waals surface area contributed by atoms with E-state index in [4.69, 9.17) is 0 Å². The maximum absolute atomic E-state index is 4.16. The van der Waals surface area contributed by atoms with Gasteiger partial charge in [-0.2, -0.15) is 0 Å². The number of H-pyrrole nitrogens is 2. The second kappa shape index (κ2) is 5.31. The number of aromatic amines is 2. The van der Waals surface area contributed by atoms with E-state index in [1.807, 2.05) is 12.4 Å². The molecule has 0 aromatic carbocycles. The van der Waals surface area contributed by atoms with E-state index in [9.17, 15) is 0 Å². The average Bonchev–Trinajstić information content (AvgIpc) is 2.88. The number of imidazole rings is 2. The second-order valence-corrected chi connectivity index (χ2v) is 3.35. The summed E-state index contributed by atoms with van der Waals surface area (Å²) in [4.78, 5) is 14.4. The standard InChI is InChI=1S/C10H15N5/c1(2-9-12-4-5-13-9)3-11-8-10-14-6-7-15-10/h4-7,11H,1-3,8H2,(H,12,13)(H,14,15). The third kappa shape index (κ3) is 3.21. The summed E-state index contributed by atoms with van der Waals surface area (Å²) < 4.78 is 0. The molecule has 0 unspecified atom stereocenters. The van der Waals surface area contributed by atoms with Crippen molar-refractivity contribution in [1.29, 1.82) is 0 Å².